The standard InChI is InChI=1S/C11H8N2O5/c14-5-12-8-3-7(1-2-10(8)16)4-9(11(17)18)13-6-15/h1-3,9,16H,4H2,(H,17,18). The predicted octanol–water partition coefficient (Wildman–Crippen LogP) is 0.691. The SMILES string of the molecule is O=C=Nc1cc(CC(N=C=O)C(=O)O)ccc1O. The van der Waals surface area contributed by atoms with E-state index < -0.39 is 12.0 Å². The van der Waals surface area contributed by atoms with Crippen LogP contribution < -0.4 is 0 Å². The van der Waals surface area contributed by atoms with Crippen molar-refractivity contribution in [1.82, 2.24) is 0 Å². The number of aliphatic imine (C=N–C) groups is 2. The summed E-state index contributed by atoms with van der Waals surface area (Å²) in [6.07, 6.45) is 2.37. The van der Waals surface area contributed by atoms with Crippen LogP contribution in [0.2, 0.25) is 0 Å². The van der Waals surface area contributed by atoms with E-state index in [4.69, 9.17) is 5.11 Å². The van der Waals surface area contributed by atoms with Crippen LogP contribution in [0.4, 0.5) is 5.69 Å². The smallest absolute Gasteiger partial charge is 0.329 e. The summed E-state index contributed by atoms with van der Waals surface area (Å²) < 4.78 is 0. The minimum atomic E-state index is -1.27. The van der Waals surface area contributed by atoms with E-state index >= 15 is 0 Å². The van der Waals surface area contributed by atoms with Gasteiger partial charge in [-0.1, -0.05) is 6.07 Å². The highest BCUT2D eigenvalue weighted by Crippen LogP contribution is 2.27. The van der Waals surface area contributed by atoms with Crippen molar-refractivity contribution in [2.24, 2.45) is 9.98 Å². The van der Waals surface area contributed by atoms with Gasteiger partial charge in [0.05, 0.1) is 0 Å². The number of aliphatic carboxylic acids is 1. The molecule has 0 amide bonds. The van der Waals surface area contributed by atoms with E-state index in [1.165, 1.54) is 30.4 Å². The molecule has 1 atom stereocenters. The number of hydrogen-bond donors (Lipinski definition) is 2. The highest BCUT2D eigenvalue weighted by atomic mass is 16.4. The van der Waals surface area contributed by atoms with E-state index in [1.807, 2.05) is 0 Å². The van der Waals surface area contributed by atoms with Gasteiger partial charge in [0.1, 0.15) is 11.4 Å². The number of carboxylic acids is 1. The van der Waals surface area contributed by atoms with Crippen molar-refractivity contribution in [3.63, 3.8) is 0 Å². The van der Waals surface area contributed by atoms with Crippen LogP contribution in [0.15, 0.2) is 28.2 Å². The molecular weight excluding hydrogens is 240 g/mol. The second kappa shape index (κ2) is 6.10. The molecule has 1 rings (SSSR count). The molecule has 7 heteroatoms. The van der Waals surface area contributed by atoms with Gasteiger partial charge in [0.25, 0.3) is 0 Å². The van der Waals surface area contributed by atoms with Crippen molar-refractivity contribution in [1.29, 1.82) is 0 Å². The van der Waals surface area contributed by atoms with Crippen LogP contribution in [-0.4, -0.2) is 34.4 Å². The molecule has 0 aliphatic carbocycles. The molecular formula is C11H8N2O5. The lowest BCUT2D eigenvalue weighted by molar-refractivity contribution is -0.138. The summed E-state index contributed by atoms with van der Waals surface area (Å²) in [6.45, 7) is 0. The fourth-order valence-electron chi connectivity index (χ4n) is 1.31. The number of isocyanates is 2. The monoisotopic (exact) mass is 248 g/mol. The maximum Gasteiger partial charge on any atom is 0.329 e. The first-order chi connectivity index (χ1) is 8.58. The Morgan fingerprint density at radius 1 is 1.33 bits per heavy atom. The molecule has 7 nitrogen and oxygen atoms in total. The number of rotatable bonds is 5. The molecule has 1 unspecified atom stereocenters. The van der Waals surface area contributed by atoms with E-state index in [1.54, 1.807) is 0 Å². The quantitative estimate of drug-likeness (QED) is 0.587. The van der Waals surface area contributed by atoms with Crippen LogP contribution in [-0.2, 0) is 20.8 Å². The van der Waals surface area contributed by atoms with E-state index in [9.17, 15) is 19.5 Å². The lowest BCUT2D eigenvalue weighted by atomic mass is 10.1. The van der Waals surface area contributed by atoms with E-state index in [-0.39, 0.29) is 17.9 Å². The van der Waals surface area contributed by atoms with Gasteiger partial charge in [-0.3, -0.25) is 0 Å². The Bertz CT molecular complexity index is 555. The molecule has 0 saturated heterocycles. The van der Waals surface area contributed by atoms with E-state index in [0.717, 1.165) is 0 Å². The van der Waals surface area contributed by atoms with E-state index in [0.29, 0.717) is 5.56 Å². The fraction of sp³-hybridized carbons (Fsp3) is 0.182. The normalized spacial score (nSPS) is 10.9. The summed E-state index contributed by atoms with van der Waals surface area (Å²) >= 11 is 0. The first-order valence-electron chi connectivity index (χ1n) is 4.78. The number of phenolic OH excluding ortho intramolecular Hbond substituents is 1. The van der Waals surface area contributed by atoms with Gasteiger partial charge in [0.15, 0.2) is 6.04 Å². The van der Waals surface area contributed by atoms with Gasteiger partial charge in [-0.05, 0) is 17.7 Å². The van der Waals surface area contributed by atoms with Gasteiger partial charge in [-0.15, -0.1) is 0 Å². The lowest BCUT2D eigenvalue weighted by Crippen LogP contribution is -2.20. The second-order valence-electron chi connectivity index (χ2n) is 3.30. The first kappa shape index (κ1) is 13.3. The number of nitrogens with zero attached hydrogens (tertiary/aromatic N) is 2. The Kier molecular flexibility index (Phi) is 4.51. The van der Waals surface area contributed by atoms with Crippen LogP contribution in [0.1, 0.15) is 5.56 Å². The summed E-state index contributed by atoms with van der Waals surface area (Å²) in [4.78, 5) is 37.3. The Morgan fingerprint density at radius 3 is 2.61 bits per heavy atom. The number of aromatic hydroxyl groups is 1. The maximum atomic E-state index is 10.8. The molecule has 0 heterocycles. The number of carbonyl (C=O) groups excluding carboxylic acids is 2. The van der Waals surface area contributed by atoms with Crippen LogP contribution in [0.5, 0.6) is 5.75 Å². The number of benzene rings is 1. The molecule has 1 aromatic rings. The molecule has 0 aromatic heterocycles. The van der Waals surface area contributed by atoms with Gasteiger partial charge < -0.3 is 10.2 Å². The van der Waals surface area contributed by atoms with Crippen molar-refractivity contribution < 1.29 is 24.6 Å². The van der Waals surface area contributed by atoms with Crippen molar-refractivity contribution in [2.75, 3.05) is 0 Å². The Balaban J connectivity index is 3.03. The number of carboxylic acid groups (broad SMARTS) is 1. The number of carbonyl (C=O) groups is 1. The predicted molar refractivity (Wildman–Crippen MR) is 59.1 cm³/mol. The van der Waals surface area contributed by atoms with Crippen LogP contribution >= 0.6 is 0 Å². The third-order valence-electron chi connectivity index (χ3n) is 2.13. The topological polar surface area (TPSA) is 116 Å². The fourth-order valence-corrected chi connectivity index (χ4v) is 1.31. The molecule has 0 radical (unpaired) electrons. The van der Waals surface area contributed by atoms with Gasteiger partial charge in [-0.2, -0.15) is 9.98 Å². The molecule has 0 saturated carbocycles. The zero-order valence-electron chi connectivity index (χ0n) is 9.03. The first-order valence-corrected chi connectivity index (χ1v) is 4.78. The van der Waals surface area contributed by atoms with Crippen LogP contribution in [0.25, 0.3) is 0 Å². The van der Waals surface area contributed by atoms with Crippen LogP contribution in [0, 0.1) is 0 Å². The summed E-state index contributed by atoms with van der Waals surface area (Å²) in [5.74, 6) is -1.50. The van der Waals surface area contributed by atoms with Crippen LogP contribution in [0.3, 0.4) is 0 Å². The highest BCUT2D eigenvalue weighted by Gasteiger charge is 2.17. The largest absolute Gasteiger partial charge is 0.506 e. The summed E-state index contributed by atoms with van der Waals surface area (Å²) in [7, 11) is 0. The van der Waals surface area contributed by atoms with Crippen molar-refractivity contribution in [2.45, 2.75) is 12.5 Å². The average molecular weight is 248 g/mol. The zero-order valence-corrected chi connectivity index (χ0v) is 9.03. The lowest BCUT2D eigenvalue weighted by Gasteiger charge is -2.06. The molecule has 0 spiro atoms. The third kappa shape index (κ3) is 3.38. The average Bonchev–Trinajstić information content (AvgIpc) is 2.33. The Morgan fingerprint density at radius 2 is 2.06 bits per heavy atom. The number of hydrogen-bond acceptors (Lipinski definition) is 6. The van der Waals surface area contributed by atoms with Gasteiger partial charge in [0, 0.05) is 6.42 Å². The van der Waals surface area contributed by atoms with Gasteiger partial charge in [-0.25, -0.2) is 14.4 Å². The van der Waals surface area contributed by atoms with Crippen molar-refractivity contribution in [3.8, 4) is 5.75 Å². The zero-order chi connectivity index (χ0) is 13.5. The molecule has 0 aliphatic rings. The summed E-state index contributed by atoms with van der Waals surface area (Å²) in [5.41, 5.74) is 0.426. The maximum absolute atomic E-state index is 10.8. The van der Waals surface area contributed by atoms with Crippen molar-refractivity contribution >= 4 is 23.8 Å². The third-order valence-corrected chi connectivity index (χ3v) is 2.13. The molecule has 0 bridgehead atoms. The summed E-state index contributed by atoms with van der Waals surface area (Å²) in [5, 5.41) is 18.1. The van der Waals surface area contributed by atoms with Crippen molar-refractivity contribution in [3.05, 3.63) is 23.8 Å². The molecule has 0 fully saturated rings. The second-order valence-corrected chi connectivity index (χ2v) is 3.30. The highest BCUT2D eigenvalue weighted by molar-refractivity contribution is 5.75. The van der Waals surface area contributed by atoms with E-state index in [2.05, 4.69) is 9.98 Å². The molecule has 2 N–H and O–H groups in total. The van der Waals surface area contributed by atoms with Gasteiger partial charge in [0.2, 0.25) is 12.2 Å². The Labute approximate surface area is 101 Å². The minimum absolute atomic E-state index is 0.0262. The molecule has 0 aliphatic heterocycles. The molecule has 1 aromatic carbocycles. The Hall–Kier alpha value is -2.75. The van der Waals surface area contributed by atoms with Gasteiger partial charge >= 0.3 is 5.97 Å². The number of phenols is 1. The molecule has 18 heavy (non-hydrogen) atoms. The summed E-state index contributed by atoms with van der Waals surface area (Å²) in [6, 6.07) is 2.75. The molecule has 92 valence electrons. The minimum Gasteiger partial charge on any atom is -0.506 e.